The van der Waals surface area contributed by atoms with Crippen molar-refractivity contribution in [2.45, 2.75) is 79.1 Å². The summed E-state index contributed by atoms with van der Waals surface area (Å²) in [6.45, 7) is 17.3. The maximum Gasteiger partial charge on any atom is 0.0781 e. The standard InChI is InChI=1S/C20H42O5/c1-7-10-22-14-18(4)24-16-20(6)25-15-19(5)23-13-12-21-11-8-9-17(2)3/h17-20H,7-16H2,1-6H3. The molecule has 0 fully saturated rings. The zero-order chi connectivity index (χ0) is 18.9. The quantitative estimate of drug-likeness (QED) is 0.344. The molecule has 0 rings (SSSR count). The lowest BCUT2D eigenvalue weighted by molar-refractivity contribution is -0.0842. The Morgan fingerprint density at radius 3 is 1.80 bits per heavy atom. The summed E-state index contributed by atoms with van der Waals surface area (Å²) in [5.41, 5.74) is 0. The van der Waals surface area contributed by atoms with Gasteiger partial charge in [-0.2, -0.15) is 0 Å². The minimum Gasteiger partial charge on any atom is -0.379 e. The monoisotopic (exact) mass is 362 g/mol. The van der Waals surface area contributed by atoms with Crippen molar-refractivity contribution in [1.29, 1.82) is 0 Å². The van der Waals surface area contributed by atoms with Crippen molar-refractivity contribution in [1.82, 2.24) is 0 Å². The van der Waals surface area contributed by atoms with Crippen LogP contribution in [-0.2, 0) is 23.7 Å². The van der Waals surface area contributed by atoms with Gasteiger partial charge in [-0.1, -0.05) is 20.8 Å². The molecule has 0 N–H and O–H groups in total. The molecule has 0 bridgehead atoms. The molecular weight excluding hydrogens is 320 g/mol. The van der Waals surface area contributed by atoms with E-state index in [9.17, 15) is 0 Å². The molecule has 0 saturated carbocycles. The van der Waals surface area contributed by atoms with Crippen LogP contribution in [0.1, 0.15) is 60.8 Å². The normalized spacial score (nSPS) is 15.5. The summed E-state index contributed by atoms with van der Waals surface area (Å²) in [4.78, 5) is 0. The minimum absolute atomic E-state index is 0.0481. The Morgan fingerprint density at radius 2 is 1.20 bits per heavy atom. The van der Waals surface area contributed by atoms with Gasteiger partial charge in [0.2, 0.25) is 0 Å². The number of hydrogen-bond donors (Lipinski definition) is 0. The van der Waals surface area contributed by atoms with Crippen LogP contribution in [0, 0.1) is 5.92 Å². The van der Waals surface area contributed by atoms with Gasteiger partial charge in [0.25, 0.3) is 0 Å². The summed E-state index contributed by atoms with van der Waals surface area (Å²) in [6.07, 6.45) is 3.58. The summed E-state index contributed by atoms with van der Waals surface area (Å²) in [5, 5.41) is 0. The molecule has 0 aliphatic carbocycles. The minimum atomic E-state index is 0.0481. The van der Waals surface area contributed by atoms with E-state index in [4.69, 9.17) is 23.7 Å². The zero-order valence-corrected chi connectivity index (χ0v) is 17.4. The van der Waals surface area contributed by atoms with Crippen molar-refractivity contribution in [3.63, 3.8) is 0 Å². The predicted molar refractivity (Wildman–Crippen MR) is 102 cm³/mol. The molecule has 25 heavy (non-hydrogen) atoms. The third-order valence-corrected chi connectivity index (χ3v) is 3.63. The third kappa shape index (κ3) is 18.4. The van der Waals surface area contributed by atoms with Crippen LogP contribution in [0.2, 0.25) is 0 Å². The van der Waals surface area contributed by atoms with E-state index >= 15 is 0 Å². The molecule has 0 saturated heterocycles. The highest BCUT2D eigenvalue weighted by molar-refractivity contribution is 4.55. The lowest BCUT2D eigenvalue weighted by atomic mass is 10.1. The van der Waals surface area contributed by atoms with E-state index in [0.29, 0.717) is 33.0 Å². The fourth-order valence-electron chi connectivity index (χ4n) is 2.14. The molecule has 0 aromatic carbocycles. The highest BCUT2D eigenvalue weighted by Gasteiger charge is 2.10. The second-order valence-electron chi connectivity index (χ2n) is 7.19. The fourth-order valence-corrected chi connectivity index (χ4v) is 2.14. The first-order chi connectivity index (χ1) is 12.0. The largest absolute Gasteiger partial charge is 0.379 e. The van der Waals surface area contributed by atoms with Crippen molar-refractivity contribution >= 4 is 0 Å². The van der Waals surface area contributed by atoms with Crippen LogP contribution in [0.15, 0.2) is 0 Å². The zero-order valence-electron chi connectivity index (χ0n) is 17.4. The summed E-state index contributed by atoms with van der Waals surface area (Å²) < 4.78 is 28.2. The van der Waals surface area contributed by atoms with Crippen molar-refractivity contribution < 1.29 is 23.7 Å². The molecule has 0 heterocycles. The fraction of sp³-hybridized carbons (Fsp3) is 1.00. The third-order valence-electron chi connectivity index (χ3n) is 3.63. The van der Waals surface area contributed by atoms with Crippen LogP contribution >= 0.6 is 0 Å². The lowest BCUT2D eigenvalue weighted by Crippen LogP contribution is -2.27. The van der Waals surface area contributed by atoms with Crippen LogP contribution in [0.25, 0.3) is 0 Å². The molecule has 0 spiro atoms. The smallest absolute Gasteiger partial charge is 0.0781 e. The molecule has 0 aliphatic rings. The van der Waals surface area contributed by atoms with Gasteiger partial charge in [0.05, 0.1) is 51.3 Å². The van der Waals surface area contributed by atoms with Gasteiger partial charge in [-0.15, -0.1) is 0 Å². The van der Waals surface area contributed by atoms with E-state index < -0.39 is 0 Å². The number of rotatable bonds is 18. The second kappa shape index (κ2) is 17.2. The van der Waals surface area contributed by atoms with E-state index in [1.54, 1.807) is 0 Å². The Bertz CT molecular complexity index is 273. The first-order valence-corrected chi connectivity index (χ1v) is 9.95. The molecule has 5 heteroatoms. The Morgan fingerprint density at radius 1 is 0.600 bits per heavy atom. The van der Waals surface area contributed by atoms with E-state index in [2.05, 4.69) is 20.8 Å². The van der Waals surface area contributed by atoms with Gasteiger partial charge in [0.15, 0.2) is 0 Å². The van der Waals surface area contributed by atoms with E-state index in [-0.39, 0.29) is 18.3 Å². The van der Waals surface area contributed by atoms with E-state index in [1.165, 1.54) is 6.42 Å². The molecule has 3 unspecified atom stereocenters. The van der Waals surface area contributed by atoms with Crippen molar-refractivity contribution in [2.24, 2.45) is 5.92 Å². The highest BCUT2D eigenvalue weighted by Crippen LogP contribution is 2.03. The molecular formula is C20H42O5. The van der Waals surface area contributed by atoms with Crippen molar-refractivity contribution in [2.75, 3.05) is 46.2 Å². The van der Waals surface area contributed by atoms with Gasteiger partial charge in [0.1, 0.15) is 0 Å². The Labute approximate surface area is 155 Å². The highest BCUT2D eigenvalue weighted by atomic mass is 16.6. The maximum atomic E-state index is 5.77. The number of hydrogen-bond acceptors (Lipinski definition) is 5. The topological polar surface area (TPSA) is 46.2 Å². The maximum absolute atomic E-state index is 5.77. The average Bonchev–Trinajstić information content (AvgIpc) is 2.57. The summed E-state index contributed by atoms with van der Waals surface area (Å²) >= 11 is 0. The van der Waals surface area contributed by atoms with Gasteiger partial charge in [0, 0.05) is 13.2 Å². The predicted octanol–water partition coefficient (Wildman–Crippen LogP) is 4.08. The molecule has 0 aromatic rings. The van der Waals surface area contributed by atoms with Crippen LogP contribution in [0.3, 0.4) is 0 Å². The van der Waals surface area contributed by atoms with E-state index in [0.717, 1.165) is 32.0 Å². The van der Waals surface area contributed by atoms with Gasteiger partial charge in [-0.25, -0.2) is 0 Å². The SMILES string of the molecule is CCCOCC(C)OCC(C)OCC(C)OCCOCCCC(C)C. The van der Waals surface area contributed by atoms with Crippen LogP contribution in [-0.4, -0.2) is 64.6 Å². The lowest BCUT2D eigenvalue weighted by Gasteiger charge is -2.20. The first kappa shape index (κ1) is 24.8. The second-order valence-corrected chi connectivity index (χ2v) is 7.19. The average molecular weight is 363 g/mol. The van der Waals surface area contributed by atoms with Crippen LogP contribution < -0.4 is 0 Å². The Balaban J connectivity index is 3.46. The van der Waals surface area contributed by atoms with Crippen molar-refractivity contribution in [3.8, 4) is 0 Å². The summed E-state index contributed by atoms with van der Waals surface area (Å²) in [6, 6.07) is 0. The van der Waals surface area contributed by atoms with Gasteiger partial charge >= 0.3 is 0 Å². The van der Waals surface area contributed by atoms with Gasteiger partial charge in [-0.3, -0.25) is 0 Å². The molecule has 0 amide bonds. The molecule has 0 aromatic heterocycles. The molecule has 152 valence electrons. The molecule has 5 nitrogen and oxygen atoms in total. The van der Waals surface area contributed by atoms with E-state index in [1.807, 2.05) is 20.8 Å². The van der Waals surface area contributed by atoms with Crippen molar-refractivity contribution in [3.05, 3.63) is 0 Å². The van der Waals surface area contributed by atoms with Crippen LogP contribution in [0.4, 0.5) is 0 Å². The molecule has 0 radical (unpaired) electrons. The Hall–Kier alpha value is -0.200. The van der Waals surface area contributed by atoms with Crippen LogP contribution in [0.5, 0.6) is 0 Å². The molecule has 0 aliphatic heterocycles. The van der Waals surface area contributed by atoms with Gasteiger partial charge in [-0.05, 0) is 46.0 Å². The summed E-state index contributed by atoms with van der Waals surface area (Å²) in [7, 11) is 0. The Kier molecular flexibility index (Phi) is 17.1. The molecule has 3 atom stereocenters. The first-order valence-electron chi connectivity index (χ1n) is 9.95. The summed E-state index contributed by atoms with van der Waals surface area (Å²) in [5.74, 6) is 0.745. The van der Waals surface area contributed by atoms with Gasteiger partial charge < -0.3 is 23.7 Å². The number of ether oxygens (including phenoxy) is 5.